The van der Waals surface area contributed by atoms with Crippen LogP contribution in [0.1, 0.15) is 35.2 Å². The summed E-state index contributed by atoms with van der Waals surface area (Å²) in [5.74, 6) is 0.971. The van der Waals surface area contributed by atoms with Crippen LogP contribution in [0, 0.1) is 0 Å². The van der Waals surface area contributed by atoms with Gasteiger partial charge in [0.2, 0.25) is 0 Å². The quantitative estimate of drug-likeness (QED) is 0.847. The second-order valence-corrected chi connectivity index (χ2v) is 6.68. The number of piperidine rings is 1. The number of Topliss-reactive ketones (excluding diaryl/α,β-unsaturated/α-hetero) is 1. The highest BCUT2D eigenvalue weighted by Crippen LogP contribution is 2.38. The zero-order valence-corrected chi connectivity index (χ0v) is 13.2. The highest BCUT2D eigenvalue weighted by Gasteiger charge is 2.43. The van der Waals surface area contributed by atoms with E-state index in [4.69, 9.17) is 4.74 Å². The number of rotatable bonds is 2. The van der Waals surface area contributed by atoms with E-state index in [0.29, 0.717) is 6.42 Å². The van der Waals surface area contributed by atoms with Gasteiger partial charge in [-0.1, -0.05) is 42.5 Å². The number of benzene rings is 2. The van der Waals surface area contributed by atoms with E-state index in [1.54, 1.807) is 0 Å². The average molecular weight is 307 g/mol. The molecular formula is C20H21NO2. The zero-order chi connectivity index (χ0) is 15.7. The summed E-state index contributed by atoms with van der Waals surface area (Å²) >= 11 is 0. The molecule has 2 heterocycles. The molecule has 0 aromatic heterocycles. The van der Waals surface area contributed by atoms with Gasteiger partial charge in [-0.2, -0.15) is 0 Å². The van der Waals surface area contributed by atoms with E-state index in [2.05, 4.69) is 29.2 Å². The zero-order valence-electron chi connectivity index (χ0n) is 13.2. The SMILES string of the molecule is O=C1CC2(CCCN(Cc3ccccc3)C2)Oc2ccccc21. The number of para-hydroxylation sites is 1. The number of likely N-dealkylation sites (tertiary alicyclic amines) is 1. The van der Waals surface area contributed by atoms with Crippen LogP contribution in [-0.2, 0) is 6.54 Å². The molecule has 1 fully saturated rings. The number of fused-ring (bicyclic) bond motifs is 1. The van der Waals surface area contributed by atoms with Crippen molar-refractivity contribution < 1.29 is 9.53 Å². The molecule has 0 saturated carbocycles. The third-order valence-electron chi connectivity index (χ3n) is 4.86. The van der Waals surface area contributed by atoms with Crippen molar-refractivity contribution in [1.82, 2.24) is 4.90 Å². The largest absolute Gasteiger partial charge is 0.485 e. The Morgan fingerprint density at radius 3 is 2.70 bits per heavy atom. The Hall–Kier alpha value is -2.13. The maximum atomic E-state index is 12.5. The van der Waals surface area contributed by atoms with Crippen LogP contribution in [0.25, 0.3) is 0 Å². The number of carbonyl (C=O) groups is 1. The maximum absolute atomic E-state index is 12.5. The number of hydrogen-bond donors (Lipinski definition) is 0. The van der Waals surface area contributed by atoms with Gasteiger partial charge in [0.25, 0.3) is 0 Å². The predicted molar refractivity (Wildman–Crippen MR) is 89.7 cm³/mol. The van der Waals surface area contributed by atoms with Crippen molar-refractivity contribution in [2.75, 3.05) is 13.1 Å². The van der Waals surface area contributed by atoms with Gasteiger partial charge >= 0.3 is 0 Å². The van der Waals surface area contributed by atoms with Crippen molar-refractivity contribution in [1.29, 1.82) is 0 Å². The lowest BCUT2D eigenvalue weighted by atomic mass is 9.83. The molecule has 0 aliphatic carbocycles. The van der Waals surface area contributed by atoms with E-state index in [1.807, 2.05) is 30.3 Å². The van der Waals surface area contributed by atoms with E-state index in [9.17, 15) is 4.79 Å². The Morgan fingerprint density at radius 2 is 1.83 bits per heavy atom. The van der Waals surface area contributed by atoms with Crippen LogP contribution in [0.2, 0.25) is 0 Å². The summed E-state index contributed by atoms with van der Waals surface area (Å²) in [6, 6.07) is 18.1. The van der Waals surface area contributed by atoms with E-state index < -0.39 is 0 Å². The number of nitrogens with zero attached hydrogens (tertiary/aromatic N) is 1. The molecule has 0 radical (unpaired) electrons. The maximum Gasteiger partial charge on any atom is 0.170 e. The Bertz CT molecular complexity index is 713. The molecule has 0 amide bonds. The molecule has 2 aromatic carbocycles. The van der Waals surface area contributed by atoms with Crippen molar-refractivity contribution in [3.05, 3.63) is 65.7 Å². The summed E-state index contributed by atoms with van der Waals surface area (Å²) < 4.78 is 6.34. The Morgan fingerprint density at radius 1 is 1.04 bits per heavy atom. The van der Waals surface area contributed by atoms with Crippen LogP contribution >= 0.6 is 0 Å². The van der Waals surface area contributed by atoms with Gasteiger partial charge in [-0.25, -0.2) is 0 Å². The molecule has 1 atom stereocenters. The molecule has 2 aliphatic heterocycles. The van der Waals surface area contributed by atoms with Gasteiger partial charge < -0.3 is 4.74 Å². The molecule has 2 aliphatic rings. The average Bonchev–Trinajstić information content (AvgIpc) is 2.56. The van der Waals surface area contributed by atoms with Crippen molar-refractivity contribution in [2.45, 2.75) is 31.4 Å². The van der Waals surface area contributed by atoms with Crippen molar-refractivity contribution in [2.24, 2.45) is 0 Å². The topological polar surface area (TPSA) is 29.5 Å². The third kappa shape index (κ3) is 2.89. The van der Waals surface area contributed by atoms with Crippen LogP contribution in [0.4, 0.5) is 0 Å². The summed E-state index contributed by atoms with van der Waals surface area (Å²) in [6.07, 6.45) is 2.52. The monoisotopic (exact) mass is 307 g/mol. The van der Waals surface area contributed by atoms with Gasteiger partial charge in [0.1, 0.15) is 11.4 Å². The van der Waals surface area contributed by atoms with Crippen LogP contribution in [-0.4, -0.2) is 29.4 Å². The number of hydrogen-bond acceptors (Lipinski definition) is 3. The highest BCUT2D eigenvalue weighted by atomic mass is 16.5. The first kappa shape index (κ1) is 14.5. The summed E-state index contributed by atoms with van der Waals surface area (Å²) in [6.45, 7) is 2.81. The summed E-state index contributed by atoms with van der Waals surface area (Å²) in [7, 11) is 0. The first-order valence-electron chi connectivity index (χ1n) is 8.32. The minimum atomic E-state index is -0.349. The standard InChI is InChI=1S/C20H21NO2/c22-18-13-20(23-19-10-5-4-9-17(18)19)11-6-12-21(15-20)14-16-7-2-1-3-8-16/h1-5,7-10H,6,11-15H2. The Kier molecular flexibility index (Phi) is 3.66. The van der Waals surface area contributed by atoms with Gasteiger partial charge in [-0.3, -0.25) is 9.69 Å². The van der Waals surface area contributed by atoms with Crippen LogP contribution in [0.15, 0.2) is 54.6 Å². The molecule has 3 heteroatoms. The molecule has 0 N–H and O–H groups in total. The first-order valence-corrected chi connectivity index (χ1v) is 8.32. The van der Waals surface area contributed by atoms with Gasteiger partial charge in [0, 0.05) is 13.1 Å². The Balaban J connectivity index is 1.54. The van der Waals surface area contributed by atoms with Crippen LogP contribution in [0.5, 0.6) is 5.75 Å². The van der Waals surface area contributed by atoms with Crippen LogP contribution in [0.3, 0.4) is 0 Å². The first-order chi connectivity index (χ1) is 11.2. The van der Waals surface area contributed by atoms with Gasteiger partial charge in [-0.15, -0.1) is 0 Å². The summed E-state index contributed by atoms with van der Waals surface area (Å²) in [4.78, 5) is 14.9. The molecule has 1 spiro atoms. The minimum absolute atomic E-state index is 0.216. The molecule has 3 nitrogen and oxygen atoms in total. The van der Waals surface area contributed by atoms with Gasteiger partial charge in [0.05, 0.1) is 12.0 Å². The van der Waals surface area contributed by atoms with Crippen LogP contribution < -0.4 is 4.74 Å². The molecular weight excluding hydrogens is 286 g/mol. The van der Waals surface area contributed by atoms with Gasteiger partial charge in [0.15, 0.2) is 5.78 Å². The number of ketones is 1. The molecule has 118 valence electrons. The molecule has 0 bridgehead atoms. The molecule has 2 aromatic rings. The predicted octanol–water partition coefficient (Wildman–Crippen LogP) is 3.69. The molecule has 23 heavy (non-hydrogen) atoms. The van der Waals surface area contributed by atoms with E-state index in [1.165, 1.54) is 5.56 Å². The highest BCUT2D eigenvalue weighted by molar-refractivity contribution is 6.00. The van der Waals surface area contributed by atoms with E-state index in [-0.39, 0.29) is 11.4 Å². The third-order valence-corrected chi connectivity index (χ3v) is 4.86. The summed E-state index contributed by atoms with van der Waals surface area (Å²) in [5, 5.41) is 0. The summed E-state index contributed by atoms with van der Waals surface area (Å²) in [5.41, 5.74) is 1.70. The lowest BCUT2D eigenvalue weighted by Gasteiger charge is -2.44. The van der Waals surface area contributed by atoms with Gasteiger partial charge in [-0.05, 0) is 37.1 Å². The lowest BCUT2D eigenvalue weighted by Crippen LogP contribution is -2.54. The van der Waals surface area contributed by atoms with E-state index in [0.717, 1.165) is 43.8 Å². The lowest BCUT2D eigenvalue weighted by molar-refractivity contribution is -0.0203. The minimum Gasteiger partial charge on any atom is -0.485 e. The number of carbonyl (C=O) groups excluding carboxylic acids is 1. The second kappa shape index (κ2) is 5.82. The van der Waals surface area contributed by atoms with Crippen molar-refractivity contribution >= 4 is 5.78 Å². The van der Waals surface area contributed by atoms with Crippen molar-refractivity contribution in [3.63, 3.8) is 0 Å². The molecule has 4 rings (SSSR count). The normalized spacial score (nSPS) is 24.3. The molecule has 1 saturated heterocycles. The fourth-order valence-corrected chi connectivity index (χ4v) is 3.84. The number of ether oxygens (including phenoxy) is 1. The van der Waals surface area contributed by atoms with Crippen molar-refractivity contribution in [3.8, 4) is 5.75 Å². The van der Waals surface area contributed by atoms with E-state index >= 15 is 0 Å². The Labute approximate surface area is 136 Å². The fourth-order valence-electron chi connectivity index (χ4n) is 3.84. The second-order valence-electron chi connectivity index (χ2n) is 6.68. The smallest absolute Gasteiger partial charge is 0.170 e. The fraction of sp³-hybridized carbons (Fsp3) is 0.350. The molecule has 1 unspecified atom stereocenters.